The second-order valence-electron chi connectivity index (χ2n) is 5.37. The van der Waals surface area contributed by atoms with Gasteiger partial charge in [-0.3, -0.25) is 4.79 Å². The summed E-state index contributed by atoms with van der Waals surface area (Å²) < 4.78 is 5.54. The first-order valence-corrected chi connectivity index (χ1v) is 7.93. The van der Waals surface area contributed by atoms with Crippen molar-refractivity contribution in [2.75, 3.05) is 12.3 Å². The van der Waals surface area contributed by atoms with Crippen LogP contribution in [-0.2, 0) is 4.79 Å². The Bertz CT molecular complexity index is 421. The number of ether oxygens (including phenoxy) is 1. The number of carbonyl (C=O) groups is 1. The fraction of sp³-hybridized carbons (Fsp3) is 0.588. The highest BCUT2D eigenvalue weighted by molar-refractivity contribution is 5.76. The lowest BCUT2D eigenvalue weighted by Crippen LogP contribution is -2.35. The third-order valence-corrected chi connectivity index (χ3v) is 3.36. The van der Waals surface area contributed by atoms with E-state index in [4.69, 9.17) is 10.5 Å². The molecule has 0 saturated heterocycles. The number of nitrogen functional groups attached to an aromatic ring is 1. The predicted octanol–water partition coefficient (Wildman–Crippen LogP) is 3.51. The molecule has 0 bridgehead atoms. The van der Waals surface area contributed by atoms with Gasteiger partial charge >= 0.3 is 0 Å². The Hall–Kier alpha value is -1.71. The molecule has 0 aliphatic rings. The summed E-state index contributed by atoms with van der Waals surface area (Å²) in [5.74, 6) is 0.771. The van der Waals surface area contributed by atoms with Crippen LogP contribution in [0, 0.1) is 0 Å². The number of benzene rings is 1. The van der Waals surface area contributed by atoms with Crippen molar-refractivity contribution >= 4 is 11.6 Å². The van der Waals surface area contributed by atoms with Crippen LogP contribution in [0.4, 0.5) is 5.69 Å². The molecule has 0 aliphatic heterocycles. The molecule has 4 nitrogen and oxygen atoms in total. The number of rotatable bonds is 10. The average molecular weight is 292 g/mol. The summed E-state index contributed by atoms with van der Waals surface area (Å²) in [6.45, 7) is 4.69. The normalized spacial score (nSPS) is 11.9. The van der Waals surface area contributed by atoms with Crippen molar-refractivity contribution in [1.82, 2.24) is 5.32 Å². The van der Waals surface area contributed by atoms with E-state index in [-0.39, 0.29) is 5.91 Å². The number of nitrogens with one attached hydrogen (secondary N) is 1. The Morgan fingerprint density at radius 3 is 2.76 bits per heavy atom. The van der Waals surface area contributed by atoms with Crippen LogP contribution in [0.3, 0.4) is 0 Å². The largest absolute Gasteiger partial charge is 0.493 e. The van der Waals surface area contributed by atoms with Gasteiger partial charge in [0.05, 0.1) is 13.0 Å². The van der Waals surface area contributed by atoms with Gasteiger partial charge in [0.15, 0.2) is 0 Å². The number of anilines is 1. The van der Waals surface area contributed by atoms with Crippen LogP contribution in [0.5, 0.6) is 5.75 Å². The molecule has 1 aromatic carbocycles. The van der Waals surface area contributed by atoms with Crippen LogP contribution in [0.2, 0.25) is 0 Å². The van der Waals surface area contributed by atoms with E-state index < -0.39 is 0 Å². The van der Waals surface area contributed by atoms with Crippen LogP contribution in [0.1, 0.15) is 52.4 Å². The number of carbonyl (C=O) groups excluding carboxylic acids is 1. The van der Waals surface area contributed by atoms with E-state index in [1.807, 2.05) is 18.2 Å². The third-order valence-electron chi connectivity index (χ3n) is 3.36. The minimum atomic E-state index is 0.0634. The van der Waals surface area contributed by atoms with Gasteiger partial charge in [-0.15, -0.1) is 0 Å². The number of unbranched alkanes of at least 4 members (excludes halogenated alkanes) is 1. The Morgan fingerprint density at radius 1 is 1.29 bits per heavy atom. The average Bonchev–Trinajstić information content (AvgIpc) is 2.45. The standard InChI is InChI=1S/C17H28N2O2/c1-3-5-9-15(7-4-2)19-17(20)11-12-21-16-10-6-8-14(18)13-16/h6,8,10,13,15H,3-5,7,9,11-12,18H2,1-2H3,(H,19,20). The highest BCUT2D eigenvalue weighted by Crippen LogP contribution is 2.14. The van der Waals surface area contributed by atoms with Gasteiger partial charge in [-0.25, -0.2) is 0 Å². The molecule has 3 N–H and O–H groups in total. The van der Waals surface area contributed by atoms with Gasteiger partial charge in [0.2, 0.25) is 5.91 Å². The lowest BCUT2D eigenvalue weighted by molar-refractivity contribution is -0.122. The number of amides is 1. The second-order valence-corrected chi connectivity index (χ2v) is 5.37. The monoisotopic (exact) mass is 292 g/mol. The number of hydrogen-bond donors (Lipinski definition) is 2. The van der Waals surface area contributed by atoms with Crippen molar-refractivity contribution in [3.05, 3.63) is 24.3 Å². The van der Waals surface area contributed by atoms with E-state index in [0.717, 1.165) is 32.1 Å². The van der Waals surface area contributed by atoms with Gasteiger partial charge in [-0.1, -0.05) is 39.2 Å². The Labute approximate surface area is 128 Å². The fourth-order valence-electron chi connectivity index (χ4n) is 2.25. The summed E-state index contributed by atoms with van der Waals surface area (Å²) in [5.41, 5.74) is 6.34. The molecule has 4 heteroatoms. The molecular weight excluding hydrogens is 264 g/mol. The Kier molecular flexibility index (Phi) is 8.32. The maximum atomic E-state index is 11.9. The Balaban J connectivity index is 2.28. The van der Waals surface area contributed by atoms with Crippen molar-refractivity contribution in [1.29, 1.82) is 0 Å². The van der Waals surface area contributed by atoms with E-state index >= 15 is 0 Å². The smallest absolute Gasteiger partial charge is 0.223 e. The topological polar surface area (TPSA) is 64.3 Å². The third kappa shape index (κ3) is 7.59. The maximum Gasteiger partial charge on any atom is 0.223 e. The first-order chi connectivity index (χ1) is 10.2. The summed E-state index contributed by atoms with van der Waals surface area (Å²) in [7, 11) is 0. The van der Waals surface area contributed by atoms with Crippen LogP contribution < -0.4 is 15.8 Å². The zero-order chi connectivity index (χ0) is 15.5. The molecule has 0 aliphatic carbocycles. The molecule has 21 heavy (non-hydrogen) atoms. The lowest BCUT2D eigenvalue weighted by atomic mass is 10.1. The molecule has 0 aromatic heterocycles. The molecule has 1 unspecified atom stereocenters. The van der Waals surface area contributed by atoms with Gasteiger partial charge in [0.1, 0.15) is 5.75 Å². The molecule has 118 valence electrons. The predicted molar refractivity (Wildman–Crippen MR) is 87.3 cm³/mol. The molecular formula is C17H28N2O2. The number of nitrogens with two attached hydrogens (primary N) is 1. The molecule has 1 rings (SSSR count). The van der Waals surface area contributed by atoms with Gasteiger partial charge in [0, 0.05) is 17.8 Å². The zero-order valence-electron chi connectivity index (χ0n) is 13.2. The molecule has 1 aromatic rings. The van der Waals surface area contributed by atoms with Crippen molar-refractivity contribution < 1.29 is 9.53 Å². The summed E-state index contributed by atoms with van der Waals surface area (Å²) in [5, 5.41) is 3.11. The highest BCUT2D eigenvalue weighted by atomic mass is 16.5. The first-order valence-electron chi connectivity index (χ1n) is 7.93. The zero-order valence-corrected chi connectivity index (χ0v) is 13.2. The quantitative estimate of drug-likeness (QED) is 0.649. The number of hydrogen-bond acceptors (Lipinski definition) is 3. The van der Waals surface area contributed by atoms with Crippen molar-refractivity contribution in [2.24, 2.45) is 0 Å². The van der Waals surface area contributed by atoms with Crippen LogP contribution in [-0.4, -0.2) is 18.6 Å². The van der Waals surface area contributed by atoms with Crippen LogP contribution in [0.25, 0.3) is 0 Å². The second kappa shape index (κ2) is 10.1. The van der Waals surface area contributed by atoms with Gasteiger partial charge in [-0.2, -0.15) is 0 Å². The molecule has 0 heterocycles. The molecule has 0 fully saturated rings. The molecule has 1 atom stereocenters. The molecule has 0 spiro atoms. The summed E-state index contributed by atoms with van der Waals surface area (Å²) in [6, 6.07) is 7.55. The first kappa shape index (κ1) is 17.3. The highest BCUT2D eigenvalue weighted by Gasteiger charge is 2.11. The van der Waals surface area contributed by atoms with E-state index in [9.17, 15) is 4.79 Å². The molecule has 0 saturated carbocycles. The van der Waals surface area contributed by atoms with E-state index in [0.29, 0.717) is 30.5 Å². The van der Waals surface area contributed by atoms with Gasteiger partial charge in [0.25, 0.3) is 0 Å². The van der Waals surface area contributed by atoms with Crippen LogP contribution >= 0.6 is 0 Å². The van der Waals surface area contributed by atoms with Crippen LogP contribution in [0.15, 0.2) is 24.3 Å². The van der Waals surface area contributed by atoms with Crippen molar-refractivity contribution in [3.63, 3.8) is 0 Å². The van der Waals surface area contributed by atoms with Gasteiger partial charge < -0.3 is 15.8 Å². The SMILES string of the molecule is CCCCC(CCC)NC(=O)CCOc1cccc(N)c1. The fourth-order valence-corrected chi connectivity index (χ4v) is 2.25. The molecule has 1 amide bonds. The summed E-state index contributed by atoms with van der Waals surface area (Å²) in [6.07, 6.45) is 5.89. The van der Waals surface area contributed by atoms with Crippen molar-refractivity contribution in [3.8, 4) is 5.75 Å². The summed E-state index contributed by atoms with van der Waals surface area (Å²) >= 11 is 0. The minimum absolute atomic E-state index is 0.0634. The lowest BCUT2D eigenvalue weighted by Gasteiger charge is -2.18. The minimum Gasteiger partial charge on any atom is -0.493 e. The summed E-state index contributed by atoms with van der Waals surface area (Å²) in [4.78, 5) is 11.9. The van der Waals surface area contributed by atoms with E-state index in [1.165, 1.54) is 0 Å². The maximum absolute atomic E-state index is 11.9. The van der Waals surface area contributed by atoms with Gasteiger partial charge in [-0.05, 0) is 25.0 Å². The van der Waals surface area contributed by atoms with E-state index in [1.54, 1.807) is 6.07 Å². The van der Waals surface area contributed by atoms with E-state index in [2.05, 4.69) is 19.2 Å². The Morgan fingerprint density at radius 2 is 2.10 bits per heavy atom. The molecule has 0 radical (unpaired) electrons. The van der Waals surface area contributed by atoms with Crippen molar-refractivity contribution in [2.45, 2.75) is 58.4 Å².